The number of halogens is 6. The summed E-state index contributed by atoms with van der Waals surface area (Å²) in [5.74, 6) is -0.175. The van der Waals surface area contributed by atoms with E-state index < -0.39 is 29.4 Å². The normalized spacial score (nSPS) is 17.6. The number of benzene rings is 1. The van der Waals surface area contributed by atoms with Crippen LogP contribution in [0.25, 0.3) is 0 Å². The summed E-state index contributed by atoms with van der Waals surface area (Å²) >= 11 is 0. The lowest BCUT2D eigenvalue weighted by Crippen LogP contribution is -2.34. The van der Waals surface area contributed by atoms with Crippen molar-refractivity contribution in [3.8, 4) is 0 Å². The van der Waals surface area contributed by atoms with Gasteiger partial charge in [-0.25, -0.2) is 4.98 Å². The summed E-state index contributed by atoms with van der Waals surface area (Å²) in [6.07, 6.45) is -5.26. The van der Waals surface area contributed by atoms with E-state index in [9.17, 15) is 31.1 Å². The first kappa shape index (κ1) is 32.0. The average Bonchev–Trinajstić information content (AvgIpc) is 3.37. The number of anilines is 2. The molecule has 0 bridgehead atoms. The number of tetrazole rings is 1. The molecule has 1 saturated carbocycles. The van der Waals surface area contributed by atoms with Gasteiger partial charge in [0.05, 0.1) is 18.2 Å². The van der Waals surface area contributed by atoms with E-state index in [1.54, 1.807) is 0 Å². The van der Waals surface area contributed by atoms with Gasteiger partial charge in [0.25, 0.3) is 5.95 Å². The molecule has 0 aliphatic heterocycles. The van der Waals surface area contributed by atoms with Gasteiger partial charge in [0, 0.05) is 44.4 Å². The van der Waals surface area contributed by atoms with E-state index in [4.69, 9.17) is 5.11 Å². The summed E-state index contributed by atoms with van der Waals surface area (Å²) in [7, 11) is 1.50. The van der Waals surface area contributed by atoms with Crippen molar-refractivity contribution in [3.05, 3.63) is 58.8 Å². The second-order valence-corrected chi connectivity index (χ2v) is 10.9. The molecule has 0 radical (unpaired) electrons. The van der Waals surface area contributed by atoms with E-state index in [2.05, 4.69) is 20.4 Å². The molecule has 9 nitrogen and oxygen atoms in total. The third-order valence-corrected chi connectivity index (χ3v) is 7.63. The average molecular weight is 614 g/mol. The highest BCUT2D eigenvalue weighted by molar-refractivity contribution is 5.67. The van der Waals surface area contributed by atoms with E-state index >= 15 is 0 Å². The monoisotopic (exact) mass is 613 g/mol. The predicted molar refractivity (Wildman–Crippen MR) is 145 cm³/mol. The number of nitrogens with zero attached hydrogens (tertiary/aromatic N) is 7. The van der Waals surface area contributed by atoms with E-state index in [-0.39, 0.29) is 48.4 Å². The Bertz CT molecular complexity index is 1390. The lowest BCUT2D eigenvalue weighted by molar-refractivity contribution is -0.139. The zero-order valence-electron chi connectivity index (χ0n) is 23.7. The number of carbonyl (C=O) groups is 1. The van der Waals surface area contributed by atoms with Gasteiger partial charge in [-0.2, -0.15) is 31.1 Å². The van der Waals surface area contributed by atoms with Crippen molar-refractivity contribution in [1.82, 2.24) is 25.2 Å². The van der Waals surface area contributed by atoms with E-state index in [0.717, 1.165) is 54.9 Å². The lowest BCUT2D eigenvalue weighted by Gasteiger charge is -2.34. The molecule has 2 heterocycles. The molecule has 15 heteroatoms. The van der Waals surface area contributed by atoms with E-state index in [1.165, 1.54) is 24.1 Å². The van der Waals surface area contributed by atoms with Gasteiger partial charge in [0.2, 0.25) is 0 Å². The van der Waals surface area contributed by atoms with Crippen LogP contribution in [0.2, 0.25) is 0 Å². The second kappa shape index (κ2) is 13.2. The van der Waals surface area contributed by atoms with Crippen LogP contribution in [0.1, 0.15) is 61.3 Å². The standard InChI is InChI=1S/C28H33F6N7O2/c1-3-40(15-19-9-7-18(8-10-19)12-24(42)43)25-21(13-23(14-35-25)28(32,33)34)17-41(26-36-38-39(2)37-26)16-20-5-4-6-22(11-20)27(29,30)31/h4-6,11,13-14,18-19H,3,7-10,12,15-17H2,1-2H3,(H,42,43)/t18-,19-. The molecule has 0 amide bonds. The van der Waals surface area contributed by atoms with Crippen LogP contribution in [0.4, 0.5) is 38.1 Å². The highest BCUT2D eigenvalue weighted by atomic mass is 19.4. The molecule has 0 atom stereocenters. The van der Waals surface area contributed by atoms with Gasteiger partial charge in [-0.3, -0.25) is 4.79 Å². The van der Waals surface area contributed by atoms with Crippen molar-refractivity contribution in [2.75, 3.05) is 22.9 Å². The number of aliphatic carboxylic acids is 1. The van der Waals surface area contributed by atoms with Crippen molar-refractivity contribution in [3.63, 3.8) is 0 Å². The number of pyridine rings is 1. The first-order valence-electron chi connectivity index (χ1n) is 13.9. The van der Waals surface area contributed by atoms with Crippen LogP contribution in [-0.2, 0) is 37.3 Å². The molecule has 0 spiro atoms. The number of rotatable bonds is 11. The van der Waals surface area contributed by atoms with Gasteiger partial charge in [-0.15, -0.1) is 5.10 Å². The SMILES string of the molecule is CCN(C[C@H]1CC[C@H](CC(=O)O)CC1)c1ncc(C(F)(F)F)cc1CN(Cc1cccc(C(F)(F)F)c1)c1nnn(C)n1. The molecule has 1 aromatic carbocycles. The number of hydrogen-bond acceptors (Lipinski definition) is 7. The van der Waals surface area contributed by atoms with Crippen molar-refractivity contribution in [2.45, 2.75) is 64.5 Å². The molecule has 43 heavy (non-hydrogen) atoms. The number of aryl methyl sites for hydroxylation is 1. The molecule has 1 aliphatic carbocycles. The zero-order valence-corrected chi connectivity index (χ0v) is 23.7. The van der Waals surface area contributed by atoms with Crippen molar-refractivity contribution >= 4 is 17.7 Å². The van der Waals surface area contributed by atoms with Gasteiger partial charge in [0.1, 0.15) is 5.82 Å². The van der Waals surface area contributed by atoms with Crippen LogP contribution in [0.15, 0.2) is 36.5 Å². The Morgan fingerprint density at radius 3 is 2.23 bits per heavy atom. The highest BCUT2D eigenvalue weighted by Gasteiger charge is 2.34. The number of aromatic nitrogens is 5. The van der Waals surface area contributed by atoms with Crippen molar-refractivity contribution in [1.29, 1.82) is 0 Å². The maximum atomic E-state index is 13.8. The fourth-order valence-corrected chi connectivity index (χ4v) is 5.47. The van der Waals surface area contributed by atoms with Crippen LogP contribution in [0, 0.1) is 11.8 Å². The fraction of sp³-hybridized carbons (Fsp3) is 0.536. The van der Waals surface area contributed by atoms with Crippen LogP contribution in [0.3, 0.4) is 0 Å². The smallest absolute Gasteiger partial charge is 0.417 e. The molecule has 0 saturated heterocycles. The Hall–Kier alpha value is -3.91. The molecular formula is C28H33F6N7O2. The van der Waals surface area contributed by atoms with Crippen molar-refractivity contribution in [2.24, 2.45) is 18.9 Å². The number of carboxylic acid groups (broad SMARTS) is 1. The van der Waals surface area contributed by atoms with E-state index in [0.29, 0.717) is 18.9 Å². The Labute approximate surface area is 244 Å². The predicted octanol–water partition coefficient (Wildman–Crippen LogP) is 5.96. The summed E-state index contributed by atoms with van der Waals surface area (Å²) in [4.78, 5) is 19.8. The molecular weight excluding hydrogens is 580 g/mol. The summed E-state index contributed by atoms with van der Waals surface area (Å²) < 4.78 is 81.5. The largest absolute Gasteiger partial charge is 0.481 e. The van der Waals surface area contributed by atoms with Crippen molar-refractivity contribution < 1.29 is 36.2 Å². The quantitative estimate of drug-likeness (QED) is 0.265. The van der Waals surface area contributed by atoms with Gasteiger partial charge < -0.3 is 14.9 Å². The third kappa shape index (κ3) is 8.57. The molecule has 234 valence electrons. The first-order chi connectivity index (χ1) is 20.2. The molecule has 1 aliphatic rings. The van der Waals surface area contributed by atoms with Gasteiger partial charge in [-0.1, -0.05) is 17.2 Å². The third-order valence-electron chi connectivity index (χ3n) is 7.63. The molecule has 4 rings (SSSR count). The van der Waals surface area contributed by atoms with Crippen LogP contribution in [0.5, 0.6) is 0 Å². The minimum absolute atomic E-state index is 0.0306. The number of alkyl halides is 6. The Balaban J connectivity index is 1.65. The fourth-order valence-electron chi connectivity index (χ4n) is 5.47. The topological polar surface area (TPSA) is 100 Å². The summed E-state index contributed by atoms with van der Waals surface area (Å²) in [6.45, 7) is 2.50. The minimum atomic E-state index is -4.67. The molecule has 3 aromatic rings. The Morgan fingerprint density at radius 2 is 1.65 bits per heavy atom. The Kier molecular flexibility index (Phi) is 9.80. The summed E-state index contributed by atoms with van der Waals surface area (Å²) in [5.41, 5.74) is -1.35. The van der Waals surface area contributed by atoms with Crippen LogP contribution in [-0.4, -0.2) is 49.4 Å². The Morgan fingerprint density at radius 1 is 0.977 bits per heavy atom. The lowest BCUT2D eigenvalue weighted by atomic mass is 9.80. The molecule has 1 fully saturated rings. The maximum absolute atomic E-state index is 13.8. The minimum Gasteiger partial charge on any atom is -0.481 e. The van der Waals surface area contributed by atoms with Gasteiger partial charge in [0.15, 0.2) is 0 Å². The molecule has 1 N–H and O–H groups in total. The molecule has 0 unspecified atom stereocenters. The number of carboxylic acids is 1. The zero-order chi connectivity index (χ0) is 31.4. The second-order valence-electron chi connectivity index (χ2n) is 10.9. The molecule has 2 aromatic heterocycles. The number of hydrogen-bond donors (Lipinski definition) is 1. The first-order valence-corrected chi connectivity index (χ1v) is 13.9. The van der Waals surface area contributed by atoms with Crippen LogP contribution < -0.4 is 9.80 Å². The maximum Gasteiger partial charge on any atom is 0.417 e. The van der Waals surface area contributed by atoms with Gasteiger partial charge >= 0.3 is 18.3 Å². The van der Waals surface area contributed by atoms with E-state index in [1.807, 2.05) is 11.8 Å². The summed E-state index contributed by atoms with van der Waals surface area (Å²) in [5, 5.41) is 21.0. The van der Waals surface area contributed by atoms with Gasteiger partial charge in [-0.05, 0) is 73.4 Å². The highest BCUT2D eigenvalue weighted by Crippen LogP contribution is 2.36. The van der Waals surface area contributed by atoms with Crippen LogP contribution >= 0.6 is 0 Å². The summed E-state index contributed by atoms with van der Waals surface area (Å²) in [6, 6.07) is 5.68.